The number of benzene rings is 2. The van der Waals surface area contributed by atoms with E-state index in [0.717, 1.165) is 24.3 Å². The van der Waals surface area contributed by atoms with Gasteiger partial charge < -0.3 is 9.32 Å². The predicted molar refractivity (Wildman–Crippen MR) is 111 cm³/mol. The van der Waals surface area contributed by atoms with Gasteiger partial charge in [-0.2, -0.15) is 0 Å². The molecule has 1 aromatic heterocycles. The number of rotatable bonds is 5. The van der Waals surface area contributed by atoms with Crippen LogP contribution in [0.15, 0.2) is 71.3 Å². The summed E-state index contributed by atoms with van der Waals surface area (Å²) in [4.78, 5) is 18.8. The van der Waals surface area contributed by atoms with Crippen LogP contribution in [-0.4, -0.2) is 28.9 Å². The molecule has 0 spiro atoms. The van der Waals surface area contributed by atoms with Crippen molar-refractivity contribution < 1.29 is 9.21 Å². The highest BCUT2D eigenvalue weighted by Gasteiger charge is 2.18. The summed E-state index contributed by atoms with van der Waals surface area (Å²) in [5.74, 6) is 1.51. The topological polar surface area (TPSA) is 46.3 Å². The van der Waals surface area contributed by atoms with Gasteiger partial charge in [0, 0.05) is 31.5 Å². The van der Waals surface area contributed by atoms with Crippen LogP contribution in [0.3, 0.4) is 0 Å². The standard InChI is InChI=1S/C24H24N2O2/c1-18-7-9-21(10-8-18)22-17-25-23(28-22)11-12-24(27)26-15-13-20(14-16-26)19-5-3-2-4-6-19/h2-10,13,17H,11-12,14-16H2,1H3. The fraction of sp³-hybridized carbons (Fsp3) is 0.250. The maximum Gasteiger partial charge on any atom is 0.223 e. The second-order valence-corrected chi connectivity index (χ2v) is 7.17. The first-order chi connectivity index (χ1) is 13.7. The lowest BCUT2D eigenvalue weighted by Gasteiger charge is -2.26. The Hall–Kier alpha value is -3.14. The van der Waals surface area contributed by atoms with Crippen molar-refractivity contribution in [2.45, 2.75) is 26.2 Å². The number of oxazole rings is 1. The summed E-state index contributed by atoms with van der Waals surface area (Å²) in [5, 5.41) is 0. The molecule has 0 saturated carbocycles. The lowest BCUT2D eigenvalue weighted by Crippen LogP contribution is -2.34. The molecule has 2 aromatic carbocycles. The minimum absolute atomic E-state index is 0.151. The number of carbonyl (C=O) groups excluding carboxylic acids is 1. The van der Waals surface area contributed by atoms with Gasteiger partial charge in [0.25, 0.3) is 0 Å². The lowest BCUT2D eigenvalue weighted by atomic mass is 9.99. The molecule has 142 valence electrons. The molecule has 0 bridgehead atoms. The Balaban J connectivity index is 1.32. The quantitative estimate of drug-likeness (QED) is 0.640. The van der Waals surface area contributed by atoms with Gasteiger partial charge in [-0.05, 0) is 24.5 Å². The molecule has 0 unspecified atom stereocenters. The molecule has 4 nitrogen and oxygen atoms in total. The van der Waals surface area contributed by atoms with Gasteiger partial charge in [0.1, 0.15) is 0 Å². The normalized spacial score (nSPS) is 14.0. The lowest BCUT2D eigenvalue weighted by molar-refractivity contribution is -0.130. The van der Waals surface area contributed by atoms with Crippen molar-refractivity contribution in [1.29, 1.82) is 0 Å². The Morgan fingerprint density at radius 2 is 1.86 bits per heavy atom. The molecule has 0 N–H and O–H groups in total. The van der Waals surface area contributed by atoms with E-state index in [1.807, 2.05) is 23.1 Å². The summed E-state index contributed by atoms with van der Waals surface area (Å²) in [5.41, 5.74) is 4.78. The van der Waals surface area contributed by atoms with E-state index in [2.05, 4.69) is 54.4 Å². The fourth-order valence-corrected chi connectivity index (χ4v) is 3.46. The molecule has 1 aliphatic rings. The van der Waals surface area contributed by atoms with Gasteiger partial charge in [-0.3, -0.25) is 4.79 Å². The number of amides is 1. The molecule has 4 heteroatoms. The Kier molecular flexibility index (Phi) is 5.38. The molecule has 4 rings (SSSR count). The van der Waals surface area contributed by atoms with Crippen molar-refractivity contribution in [3.05, 3.63) is 83.9 Å². The van der Waals surface area contributed by atoms with Crippen molar-refractivity contribution in [2.75, 3.05) is 13.1 Å². The smallest absolute Gasteiger partial charge is 0.223 e. The first-order valence-corrected chi connectivity index (χ1v) is 9.73. The molecular weight excluding hydrogens is 348 g/mol. The van der Waals surface area contributed by atoms with Crippen molar-refractivity contribution in [2.24, 2.45) is 0 Å². The van der Waals surface area contributed by atoms with Crippen LogP contribution in [-0.2, 0) is 11.2 Å². The average Bonchev–Trinajstić information content (AvgIpc) is 3.22. The molecule has 0 atom stereocenters. The van der Waals surface area contributed by atoms with E-state index in [0.29, 0.717) is 25.3 Å². The number of hydrogen-bond acceptors (Lipinski definition) is 3. The molecule has 1 aliphatic heterocycles. The summed E-state index contributed by atoms with van der Waals surface area (Å²) < 4.78 is 5.83. The Morgan fingerprint density at radius 1 is 1.07 bits per heavy atom. The zero-order valence-corrected chi connectivity index (χ0v) is 16.1. The van der Waals surface area contributed by atoms with Crippen LogP contribution in [0.5, 0.6) is 0 Å². The van der Waals surface area contributed by atoms with Gasteiger partial charge in [-0.15, -0.1) is 0 Å². The minimum atomic E-state index is 0.151. The second kappa shape index (κ2) is 8.26. The Morgan fingerprint density at radius 3 is 2.57 bits per heavy atom. The minimum Gasteiger partial charge on any atom is -0.441 e. The third kappa shape index (κ3) is 4.22. The van der Waals surface area contributed by atoms with Crippen molar-refractivity contribution in [1.82, 2.24) is 9.88 Å². The van der Waals surface area contributed by atoms with E-state index in [9.17, 15) is 4.79 Å². The first kappa shape index (κ1) is 18.2. The predicted octanol–water partition coefficient (Wildman–Crippen LogP) is 4.90. The van der Waals surface area contributed by atoms with Gasteiger partial charge in [-0.25, -0.2) is 4.98 Å². The number of nitrogens with zero attached hydrogens (tertiary/aromatic N) is 2. The molecule has 3 aromatic rings. The SMILES string of the molecule is Cc1ccc(-c2cnc(CCC(=O)N3CC=C(c4ccccc4)CC3)o2)cc1. The molecular formula is C24H24N2O2. The van der Waals surface area contributed by atoms with E-state index >= 15 is 0 Å². The van der Waals surface area contributed by atoms with E-state index in [1.54, 1.807) is 6.20 Å². The zero-order chi connectivity index (χ0) is 19.3. The van der Waals surface area contributed by atoms with E-state index in [-0.39, 0.29) is 5.91 Å². The zero-order valence-electron chi connectivity index (χ0n) is 16.1. The highest BCUT2D eigenvalue weighted by molar-refractivity contribution is 5.78. The van der Waals surface area contributed by atoms with Crippen LogP contribution < -0.4 is 0 Å². The van der Waals surface area contributed by atoms with Gasteiger partial charge in [-0.1, -0.05) is 66.2 Å². The summed E-state index contributed by atoms with van der Waals surface area (Å²) in [6.07, 6.45) is 5.74. The van der Waals surface area contributed by atoms with Crippen LogP contribution in [0.2, 0.25) is 0 Å². The first-order valence-electron chi connectivity index (χ1n) is 9.73. The maximum absolute atomic E-state index is 12.6. The van der Waals surface area contributed by atoms with Gasteiger partial charge >= 0.3 is 0 Å². The number of aromatic nitrogens is 1. The molecule has 0 saturated heterocycles. The number of hydrogen-bond donors (Lipinski definition) is 0. The summed E-state index contributed by atoms with van der Waals surface area (Å²) in [6.45, 7) is 3.49. The highest BCUT2D eigenvalue weighted by Crippen LogP contribution is 2.23. The van der Waals surface area contributed by atoms with Crippen LogP contribution >= 0.6 is 0 Å². The molecule has 0 aliphatic carbocycles. The Bertz CT molecular complexity index is 971. The maximum atomic E-state index is 12.6. The van der Waals surface area contributed by atoms with Crippen LogP contribution in [0.1, 0.15) is 29.9 Å². The van der Waals surface area contributed by atoms with Gasteiger partial charge in [0.05, 0.1) is 6.20 Å². The van der Waals surface area contributed by atoms with Crippen molar-refractivity contribution in [3.8, 4) is 11.3 Å². The highest BCUT2D eigenvalue weighted by atomic mass is 16.4. The van der Waals surface area contributed by atoms with E-state index < -0.39 is 0 Å². The number of carbonyl (C=O) groups is 1. The monoisotopic (exact) mass is 372 g/mol. The summed E-state index contributed by atoms with van der Waals surface area (Å²) in [7, 11) is 0. The summed E-state index contributed by atoms with van der Waals surface area (Å²) in [6, 6.07) is 18.5. The number of aryl methyl sites for hydroxylation is 2. The Labute approximate surface area is 165 Å². The largest absolute Gasteiger partial charge is 0.441 e. The van der Waals surface area contributed by atoms with Crippen LogP contribution in [0, 0.1) is 6.92 Å². The molecule has 0 fully saturated rings. The van der Waals surface area contributed by atoms with E-state index in [1.165, 1.54) is 16.7 Å². The molecule has 2 heterocycles. The third-order valence-electron chi connectivity index (χ3n) is 5.15. The van der Waals surface area contributed by atoms with E-state index in [4.69, 9.17) is 4.42 Å². The summed E-state index contributed by atoms with van der Waals surface area (Å²) >= 11 is 0. The average molecular weight is 372 g/mol. The second-order valence-electron chi connectivity index (χ2n) is 7.17. The molecule has 28 heavy (non-hydrogen) atoms. The molecule has 1 amide bonds. The fourth-order valence-electron chi connectivity index (χ4n) is 3.46. The van der Waals surface area contributed by atoms with Crippen LogP contribution in [0.4, 0.5) is 0 Å². The van der Waals surface area contributed by atoms with Gasteiger partial charge in [0.2, 0.25) is 5.91 Å². The van der Waals surface area contributed by atoms with Crippen molar-refractivity contribution >= 4 is 11.5 Å². The van der Waals surface area contributed by atoms with Crippen LogP contribution in [0.25, 0.3) is 16.9 Å². The molecule has 0 radical (unpaired) electrons. The van der Waals surface area contributed by atoms with Gasteiger partial charge in [0.15, 0.2) is 11.7 Å². The third-order valence-corrected chi connectivity index (χ3v) is 5.15. The van der Waals surface area contributed by atoms with Crippen molar-refractivity contribution in [3.63, 3.8) is 0 Å².